The Hall–Kier alpha value is -1.15. The first-order valence-electron chi connectivity index (χ1n) is 4.85. The highest BCUT2D eigenvalue weighted by Gasteiger charge is 2.36. The van der Waals surface area contributed by atoms with Crippen molar-refractivity contribution in [2.75, 3.05) is 19.3 Å². The molecule has 3 N–H and O–H groups in total. The van der Waals surface area contributed by atoms with Crippen molar-refractivity contribution in [1.29, 1.82) is 0 Å². The molecule has 2 amide bonds. The molecule has 1 rings (SSSR count). The lowest BCUT2D eigenvalue weighted by atomic mass is 10.2. The van der Waals surface area contributed by atoms with Crippen LogP contribution in [0.15, 0.2) is 0 Å². The molecule has 1 aliphatic heterocycles. The van der Waals surface area contributed by atoms with E-state index in [2.05, 4.69) is 5.32 Å². The fourth-order valence-corrected chi connectivity index (χ4v) is 2.82. The van der Waals surface area contributed by atoms with Crippen LogP contribution < -0.4 is 11.1 Å². The zero-order valence-electron chi connectivity index (χ0n) is 8.97. The molecule has 0 aromatic carbocycles. The van der Waals surface area contributed by atoms with Crippen molar-refractivity contribution in [2.24, 2.45) is 5.73 Å². The third-order valence-electron chi connectivity index (χ3n) is 2.37. The molecule has 92 valence electrons. The van der Waals surface area contributed by atoms with Gasteiger partial charge in [0, 0.05) is 6.54 Å². The molecule has 16 heavy (non-hydrogen) atoms. The van der Waals surface area contributed by atoms with Crippen LogP contribution in [0.5, 0.6) is 0 Å². The molecule has 1 aliphatic rings. The lowest BCUT2D eigenvalue weighted by Gasteiger charge is -2.20. The topological polar surface area (TPSA) is 110 Å². The third kappa shape index (κ3) is 3.17. The Labute approximate surface area is 94.0 Å². The molecule has 0 aliphatic carbocycles. The Kier molecular flexibility index (Phi) is 3.87. The third-order valence-corrected chi connectivity index (χ3v) is 3.66. The van der Waals surface area contributed by atoms with E-state index in [1.165, 1.54) is 0 Å². The van der Waals surface area contributed by atoms with Gasteiger partial charge < -0.3 is 11.1 Å². The summed E-state index contributed by atoms with van der Waals surface area (Å²) < 4.78 is 23.8. The number of primary amides is 1. The summed E-state index contributed by atoms with van der Waals surface area (Å²) in [5.74, 6) is -1.13. The summed E-state index contributed by atoms with van der Waals surface area (Å²) in [5, 5.41) is 2.31. The van der Waals surface area contributed by atoms with Crippen molar-refractivity contribution in [3.8, 4) is 0 Å². The van der Waals surface area contributed by atoms with E-state index in [-0.39, 0.29) is 6.54 Å². The summed E-state index contributed by atoms with van der Waals surface area (Å²) in [5.41, 5.74) is 4.87. The number of carbonyl (C=O) groups is 2. The van der Waals surface area contributed by atoms with Crippen molar-refractivity contribution in [3.63, 3.8) is 0 Å². The monoisotopic (exact) mass is 249 g/mol. The Morgan fingerprint density at radius 1 is 1.50 bits per heavy atom. The smallest absolute Gasteiger partial charge is 0.238 e. The van der Waals surface area contributed by atoms with Crippen molar-refractivity contribution in [3.05, 3.63) is 0 Å². The number of carbonyl (C=O) groups excluding carboxylic acids is 2. The summed E-state index contributed by atoms with van der Waals surface area (Å²) in [6.07, 6.45) is 2.17. The predicted molar refractivity (Wildman–Crippen MR) is 56.8 cm³/mol. The van der Waals surface area contributed by atoms with Crippen molar-refractivity contribution in [2.45, 2.75) is 18.9 Å². The zero-order chi connectivity index (χ0) is 12.3. The van der Waals surface area contributed by atoms with Gasteiger partial charge in [0.1, 0.15) is 6.04 Å². The number of nitrogens with two attached hydrogens (primary N) is 1. The maximum Gasteiger partial charge on any atom is 0.238 e. The standard InChI is InChI=1S/C8H15N3O4S/c1-16(14,15)11-4-2-3-6(11)8(13)10-5-7(9)12/h6H,2-5H2,1H3,(H2,9,12)(H,10,13). The molecule has 0 saturated carbocycles. The van der Waals surface area contributed by atoms with Gasteiger partial charge in [-0.3, -0.25) is 9.59 Å². The van der Waals surface area contributed by atoms with E-state index < -0.39 is 27.9 Å². The molecule has 1 saturated heterocycles. The minimum atomic E-state index is -3.38. The highest BCUT2D eigenvalue weighted by molar-refractivity contribution is 7.88. The van der Waals surface area contributed by atoms with Gasteiger partial charge in [0.2, 0.25) is 21.8 Å². The van der Waals surface area contributed by atoms with Crippen molar-refractivity contribution in [1.82, 2.24) is 9.62 Å². The predicted octanol–water partition coefficient (Wildman–Crippen LogP) is -1.99. The van der Waals surface area contributed by atoms with E-state index >= 15 is 0 Å². The molecule has 8 heteroatoms. The van der Waals surface area contributed by atoms with E-state index in [0.29, 0.717) is 19.4 Å². The molecule has 7 nitrogen and oxygen atoms in total. The lowest BCUT2D eigenvalue weighted by Crippen LogP contribution is -2.47. The lowest BCUT2D eigenvalue weighted by molar-refractivity contribution is -0.127. The number of sulfonamides is 1. The van der Waals surface area contributed by atoms with E-state index in [9.17, 15) is 18.0 Å². The van der Waals surface area contributed by atoms with E-state index in [1.54, 1.807) is 0 Å². The normalized spacial score (nSPS) is 21.9. The summed E-state index contributed by atoms with van der Waals surface area (Å²) in [6, 6.07) is -0.714. The largest absolute Gasteiger partial charge is 0.368 e. The maximum atomic E-state index is 11.6. The number of hydrogen-bond acceptors (Lipinski definition) is 4. The molecule has 0 spiro atoms. The van der Waals surface area contributed by atoms with Crippen molar-refractivity contribution < 1.29 is 18.0 Å². The average Bonchev–Trinajstić information content (AvgIpc) is 2.61. The Morgan fingerprint density at radius 3 is 2.62 bits per heavy atom. The molecule has 0 aromatic rings. The van der Waals surface area contributed by atoms with E-state index in [1.807, 2.05) is 0 Å². The Morgan fingerprint density at radius 2 is 2.12 bits per heavy atom. The van der Waals surface area contributed by atoms with Crippen LogP contribution in [-0.2, 0) is 19.6 Å². The first-order chi connectivity index (χ1) is 7.32. The number of hydrogen-bond donors (Lipinski definition) is 2. The Bertz CT molecular complexity index is 392. The minimum Gasteiger partial charge on any atom is -0.368 e. The molecule has 1 fully saturated rings. The van der Waals surface area contributed by atoms with Crippen molar-refractivity contribution >= 4 is 21.8 Å². The molecule has 1 atom stereocenters. The molecule has 0 bridgehead atoms. The summed E-state index contributed by atoms with van der Waals surface area (Å²) in [4.78, 5) is 22.1. The first kappa shape index (κ1) is 12.9. The van der Waals surface area contributed by atoms with Gasteiger partial charge in [0.15, 0.2) is 0 Å². The van der Waals surface area contributed by atoms with Gasteiger partial charge in [0.25, 0.3) is 0 Å². The van der Waals surface area contributed by atoms with Crippen LogP contribution in [0.1, 0.15) is 12.8 Å². The molecular weight excluding hydrogens is 234 g/mol. The molecule has 0 radical (unpaired) electrons. The second kappa shape index (κ2) is 4.79. The van der Waals surface area contributed by atoms with Crippen LogP contribution in [0.4, 0.5) is 0 Å². The van der Waals surface area contributed by atoms with Gasteiger partial charge in [-0.25, -0.2) is 8.42 Å². The van der Waals surface area contributed by atoms with E-state index in [4.69, 9.17) is 5.73 Å². The molecule has 1 unspecified atom stereocenters. The van der Waals surface area contributed by atoms with Crippen LogP contribution in [0.25, 0.3) is 0 Å². The van der Waals surface area contributed by atoms with Crippen LogP contribution in [0.2, 0.25) is 0 Å². The van der Waals surface area contributed by atoms with Gasteiger partial charge in [-0.1, -0.05) is 0 Å². The SMILES string of the molecule is CS(=O)(=O)N1CCCC1C(=O)NCC(N)=O. The molecular formula is C8H15N3O4S. The number of nitrogens with one attached hydrogen (secondary N) is 1. The summed E-state index contributed by atoms with van der Waals surface area (Å²) in [7, 11) is -3.38. The first-order valence-corrected chi connectivity index (χ1v) is 6.70. The van der Waals surface area contributed by atoms with E-state index in [0.717, 1.165) is 10.6 Å². The van der Waals surface area contributed by atoms with Gasteiger partial charge in [0.05, 0.1) is 12.8 Å². The quantitative estimate of drug-likeness (QED) is 0.601. The van der Waals surface area contributed by atoms with Gasteiger partial charge >= 0.3 is 0 Å². The fraction of sp³-hybridized carbons (Fsp3) is 0.750. The zero-order valence-corrected chi connectivity index (χ0v) is 9.79. The fourth-order valence-electron chi connectivity index (χ4n) is 1.69. The summed E-state index contributed by atoms with van der Waals surface area (Å²) >= 11 is 0. The second-order valence-corrected chi connectivity index (χ2v) is 5.65. The van der Waals surface area contributed by atoms with Gasteiger partial charge in [-0.05, 0) is 12.8 Å². The Balaban J connectivity index is 2.65. The molecule has 1 heterocycles. The highest BCUT2D eigenvalue weighted by atomic mass is 32.2. The van der Waals surface area contributed by atoms with Crippen LogP contribution in [0.3, 0.4) is 0 Å². The van der Waals surface area contributed by atoms with Crippen LogP contribution in [-0.4, -0.2) is 49.9 Å². The summed E-state index contributed by atoms with van der Waals surface area (Å²) in [6.45, 7) is 0.0699. The number of nitrogens with zero attached hydrogens (tertiary/aromatic N) is 1. The molecule has 0 aromatic heterocycles. The minimum absolute atomic E-state index is 0.271. The average molecular weight is 249 g/mol. The number of amides is 2. The van der Waals surface area contributed by atoms with Gasteiger partial charge in [-0.15, -0.1) is 0 Å². The van der Waals surface area contributed by atoms with Crippen LogP contribution >= 0.6 is 0 Å². The second-order valence-electron chi connectivity index (χ2n) is 3.72. The number of rotatable bonds is 4. The van der Waals surface area contributed by atoms with Crippen LogP contribution in [0, 0.1) is 0 Å². The highest BCUT2D eigenvalue weighted by Crippen LogP contribution is 2.20. The maximum absolute atomic E-state index is 11.6. The van der Waals surface area contributed by atoms with Gasteiger partial charge in [-0.2, -0.15) is 4.31 Å².